The highest BCUT2D eigenvalue weighted by Crippen LogP contribution is 2.44. The number of rotatable bonds is 7. The molecule has 0 saturated carbocycles. The topological polar surface area (TPSA) is 123 Å². The van der Waals surface area contributed by atoms with Gasteiger partial charge in [-0.3, -0.25) is 19.1 Å². The van der Waals surface area contributed by atoms with Crippen molar-refractivity contribution >= 4 is 23.5 Å². The van der Waals surface area contributed by atoms with E-state index in [4.69, 9.17) is 4.74 Å². The molecule has 0 aromatic carbocycles. The summed E-state index contributed by atoms with van der Waals surface area (Å²) in [5.74, 6) is -3.18. The molecule has 148 valence electrons. The minimum Gasteiger partial charge on any atom is -0.481 e. The highest BCUT2D eigenvalue weighted by Gasteiger charge is 2.55. The molecule has 2 aliphatic heterocycles. The quantitative estimate of drug-likeness (QED) is 0.653. The highest BCUT2D eigenvalue weighted by atomic mass is 16.5. The first-order chi connectivity index (χ1) is 12.8. The molecular formula is C18H26N4O5. The Morgan fingerprint density at radius 2 is 1.96 bits per heavy atom. The Balaban J connectivity index is 1.78. The van der Waals surface area contributed by atoms with Gasteiger partial charge in [-0.2, -0.15) is 5.10 Å². The third-order valence-corrected chi connectivity index (χ3v) is 5.09. The minimum atomic E-state index is -1.03. The van der Waals surface area contributed by atoms with Gasteiger partial charge in [0.25, 0.3) is 5.91 Å². The van der Waals surface area contributed by atoms with Crippen molar-refractivity contribution in [1.29, 1.82) is 0 Å². The van der Waals surface area contributed by atoms with E-state index in [2.05, 4.69) is 15.7 Å². The van der Waals surface area contributed by atoms with E-state index in [0.29, 0.717) is 25.9 Å². The number of hydrogen-bond acceptors (Lipinski definition) is 5. The Kier molecular flexibility index (Phi) is 5.50. The molecule has 0 aliphatic carbocycles. The first-order valence-corrected chi connectivity index (χ1v) is 9.36. The zero-order valence-corrected chi connectivity index (χ0v) is 15.8. The van der Waals surface area contributed by atoms with Crippen molar-refractivity contribution in [3.8, 4) is 0 Å². The molecule has 9 heteroatoms. The van der Waals surface area contributed by atoms with Gasteiger partial charge in [-0.1, -0.05) is 13.8 Å². The number of anilines is 1. The van der Waals surface area contributed by atoms with Gasteiger partial charge in [0.2, 0.25) is 5.91 Å². The van der Waals surface area contributed by atoms with E-state index in [1.165, 1.54) is 0 Å². The van der Waals surface area contributed by atoms with Crippen LogP contribution in [0.15, 0.2) is 6.20 Å². The standard InChI is InChI=1S/C18H26N4O5/c1-4-22-8-10(15(21-22)17(24)19-7-9(2)3)20-16(23)13-11-5-6-12(27-11)14(13)18(25)26/h8-9,11-14H,4-7H2,1-3H3,(H,19,24)(H,20,23)(H,25,26)/t11-,12+,13+,14-/m0/s1. The summed E-state index contributed by atoms with van der Waals surface area (Å²) in [7, 11) is 0. The summed E-state index contributed by atoms with van der Waals surface area (Å²) in [6, 6.07) is 0. The number of carboxylic acids is 1. The van der Waals surface area contributed by atoms with E-state index >= 15 is 0 Å². The van der Waals surface area contributed by atoms with Crippen LogP contribution >= 0.6 is 0 Å². The predicted molar refractivity (Wildman–Crippen MR) is 96.2 cm³/mol. The Hall–Kier alpha value is -2.42. The van der Waals surface area contributed by atoms with Gasteiger partial charge in [-0.25, -0.2) is 0 Å². The summed E-state index contributed by atoms with van der Waals surface area (Å²) < 4.78 is 7.21. The molecule has 0 spiro atoms. The summed E-state index contributed by atoms with van der Waals surface area (Å²) in [4.78, 5) is 36.9. The molecule has 2 bridgehead atoms. The molecule has 2 aliphatic rings. The Labute approximate surface area is 157 Å². The zero-order chi connectivity index (χ0) is 19.7. The predicted octanol–water partition coefficient (Wildman–Crippen LogP) is 1.11. The molecule has 0 radical (unpaired) electrons. The van der Waals surface area contributed by atoms with Gasteiger partial charge in [-0.05, 0) is 25.7 Å². The van der Waals surface area contributed by atoms with Crippen LogP contribution in [-0.4, -0.2) is 51.4 Å². The summed E-state index contributed by atoms with van der Waals surface area (Å²) in [6.07, 6.45) is 2.10. The second kappa shape index (κ2) is 7.67. The van der Waals surface area contributed by atoms with E-state index in [1.807, 2.05) is 20.8 Å². The number of amides is 2. The fourth-order valence-electron chi connectivity index (χ4n) is 3.76. The van der Waals surface area contributed by atoms with Crippen LogP contribution in [0.25, 0.3) is 0 Å². The lowest BCUT2D eigenvalue weighted by Gasteiger charge is -2.23. The van der Waals surface area contributed by atoms with Crippen LogP contribution in [0.5, 0.6) is 0 Å². The largest absolute Gasteiger partial charge is 0.481 e. The number of aryl methyl sites for hydroxylation is 1. The lowest BCUT2D eigenvalue weighted by molar-refractivity contribution is -0.147. The summed E-state index contributed by atoms with van der Waals surface area (Å²) >= 11 is 0. The van der Waals surface area contributed by atoms with Crippen molar-refractivity contribution in [3.05, 3.63) is 11.9 Å². The third-order valence-electron chi connectivity index (χ3n) is 5.09. The maximum atomic E-state index is 12.8. The van der Waals surface area contributed by atoms with Crippen LogP contribution in [-0.2, 0) is 20.9 Å². The maximum Gasteiger partial charge on any atom is 0.310 e. The van der Waals surface area contributed by atoms with Gasteiger partial charge in [0.15, 0.2) is 5.69 Å². The van der Waals surface area contributed by atoms with E-state index in [0.717, 1.165) is 0 Å². The lowest BCUT2D eigenvalue weighted by Crippen LogP contribution is -2.41. The SMILES string of the molecule is CCn1cc(NC(=O)[C@H]2[C@@H](C(=O)O)[C@H]3CC[C@@H]2O3)c(C(=O)NCC(C)C)n1. The normalized spacial score (nSPS) is 26.4. The molecule has 1 aromatic heterocycles. The van der Waals surface area contributed by atoms with Gasteiger partial charge < -0.3 is 20.5 Å². The van der Waals surface area contributed by atoms with E-state index < -0.39 is 35.9 Å². The molecule has 1 aromatic rings. The number of fused-ring (bicyclic) bond motifs is 2. The molecular weight excluding hydrogens is 352 g/mol. The average molecular weight is 378 g/mol. The van der Waals surface area contributed by atoms with Crippen molar-refractivity contribution in [1.82, 2.24) is 15.1 Å². The maximum absolute atomic E-state index is 12.8. The molecule has 9 nitrogen and oxygen atoms in total. The van der Waals surface area contributed by atoms with Crippen LogP contribution < -0.4 is 10.6 Å². The monoisotopic (exact) mass is 378 g/mol. The van der Waals surface area contributed by atoms with Crippen molar-refractivity contribution in [2.45, 2.75) is 52.4 Å². The molecule has 2 saturated heterocycles. The van der Waals surface area contributed by atoms with Gasteiger partial charge in [0.05, 0.1) is 29.7 Å². The first-order valence-electron chi connectivity index (χ1n) is 9.36. The molecule has 3 heterocycles. The van der Waals surface area contributed by atoms with Gasteiger partial charge in [-0.15, -0.1) is 0 Å². The molecule has 4 atom stereocenters. The van der Waals surface area contributed by atoms with Crippen LogP contribution in [0.3, 0.4) is 0 Å². The van der Waals surface area contributed by atoms with Gasteiger partial charge in [0.1, 0.15) is 0 Å². The number of ether oxygens (including phenoxy) is 1. The summed E-state index contributed by atoms with van der Waals surface area (Å²) in [5, 5.41) is 19.2. The Bertz CT molecular complexity index is 744. The van der Waals surface area contributed by atoms with Crippen LogP contribution in [0.4, 0.5) is 5.69 Å². The van der Waals surface area contributed by atoms with Crippen molar-refractivity contribution < 1.29 is 24.2 Å². The second-order valence-corrected chi connectivity index (χ2v) is 7.52. The number of aromatic nitrogens is 2. The second-order valence-electron chi connectivity index (χ2n) is 7.52. The first kappa shape index (κ1) is 19.3. The zero-order valence-electron chi connectivity index (χ0n) is 15.8. The number of nitrogens with one attached hydrogen (secondary N) is 2. The number of carboxylic acid groups (broad SMARTS) is 1. The summed E-state index contributed by atoms with van der Waals surface area (Å²) in [6.45, 7) is 6.87. The molecule has 2 amide bonds. The van der Waals surface area contributed by atoms with Crippen molar-refractivity contribution in [2.24, 2.45) is 17.8 Å². The summed E-state index contributed by atoms with van der Waals surface area (Å²) in [5.41, 5.74) is 0.414. The number of carbonyl (C=O) groups excluding carboxylic acids is 2. The van der Waals surface area contributed by atoms with Crippen molar-refractivity contribution in [2.75, 3.05) is 11.9 Å². The number of hydrogen-bond donors (Lipinski definition) is 3. The van der Waals surface area contributed by atoms with E-state index in [1.54, 1.807) is 10.9 Å². The Morgan fingerprint density at radius 1 is 1.30 bits per heavy atom. The number of aliphatic carboxylic acids is 1. The number of nitrogens with zero attached hydrogens (tertiary/aromatic N) is 2. The molecule has 3 N–H and O–H groups in total. The minimum absolute atomic E-state index is 0.127. The molecule has 0 unspecified atom stereocenters. The molecule has 3 rings (SSSR count). The van der Waals surface area contributed by atoms with E-state index in [-0.39, 0.29) is 23.2 Å². The molecule has 27 heavy (non-hydrogen) atoms. The third kappa shape index (κ3) is 3.83. The average Bonchev–Trinajstić information content (AvgIpc) is 3.32. The van der Waals surface area contributed by atoms with Gasteiger partial charge in [0, 0.05) is 19.3 Å². The van der Waals surface area contributed by atoms with Crippen LogP contribution in [0.1, 0.15) is 44.1 Å². The van der Waals surface area contributed by atoms with E-state index in [9.17, 15) is 19.5 Å². The smallest absolute Gasteiger partial charge is 0.310 e. The van der Waals surface area contributed by atoms with Gasteiger partial charge >= 0.3 is 5.97 Å². The van der Waals surface area contributed by atoms with Crippen LogP contribution in [0.2, 0.25) is 0 Å². The highest BCUT2D eigenvalue weighted by molar-refractivity contribution is 6.03. The number of carbonyl (C=O) groups is 3. The fourth-order valence-corrected chi connectivity index (χ4v) is 3.76. The van der Waals surface area contributed by atoms with Crippen molar-refractivity contribution in [3.63, 3.8) is 0 Å². The lowest BCUT2D eigenvalue weighted by atomic mass is 9.78. The Morgan fingerprint density at radius 3 is 2.56 bits per heavy atom. The molecule has 2 fully saturated rings. The van der Waals surface area contributed by atoms with Crippen LogP contribution in [0, 0.1) is 17.8 Å². The fraction of sp³-hybridized carbons (Fsp3) is 0.667.